The molecule has 0 heterocycles. The molecular formula is C15H15Cl2N3O. The number of anilines is 1. The summed E-state index contributed by atoms with van der Waals surface area (Å²) in [5.41, 5.74) is 4.35. The fourth-order valence-corrected chi connectivity index (χ4v) is 2.24. The van der Waals surface area contributed by atoms with Gasteiger partial charge in [0.05, 0.1) is 17.3 Å². The van der Waals surface area contributed by atoms with E-state index in [1.807, 2.05) is 19.1 Å². The Bertz CT molecular complexity index is 644. The molecule has 21 heavy (non-hydrogen) atoms. The number of nitrogens with one attached hydrogen (secondary N) is 2. The van der Waals surface area contributed by atoms with Crippen molar-refractivity contribution in [2.45, 2.75) is 13.0 Å². The lowest BCUT2D eigenvalue weighted by Gasteiger charge is -2.16. The molecule has 0 fully saturated rings. The first-order valence-electron chi connectivity index (χ1n) is 6.33. The fraction of sp³-hybridized carbons (Fsp3) is 0.133. The molecule has 110 valence electrons. The van der Waals surface area contributed by atoms with Gasteiger partial charge in [-0.2, -0.15) is 0 Å². The highest BCUT2D eigenvalue weighted by atomic mass is 35.5. The molecule has 0 aliphatic rings. The normalized spacial score (nSPS) is 11.8. The number of nitrogen functional groups attached to an aromatic ring is 1. The summed E-state index contributed by atoms with van der Waals surface area (Å²) in [6.07, 6.45) is 0. The van der Waals surface area contributed by atoms with E-state index < -0.39 is 0 Å². The second-order valence-electron chi connectivity index (χ2n) is 4.58. The SMILES string of the molecule is CC(NC(=O)c1cc(Cl)ccc1NN)c1ccc(Cl)cc1. The molecule has 0 bridgehead atoms. The third-order valence-corrected chi connectivity index (χ3v) is 3.59. The highest BCUT2D eigenvalue weighted by Crippen LogP contribution is 2.22. The maximum Gasteiger partial charge on any atom is 0.253 e. The Kier molecular flexibility index (Phi) is 5.07. The van der Waals surface area contributed by atoms with E-state index in [1.165, 1.54) is 0 Å². The van der Waals surface area contributed by atoms with E-state index in [1.54, 1.807) is 30.3 Å². The molecule has 0 aliphatic carbocycles. The van der Waals surface area contributed by atoms with Crippen LogP contribution in [0.3, 0.4) is 0 Å². The predicted octanol–water partition coefficient (Wildman–Crippen LogP) is 3.77. The van der Waals surface area contributed by atoms with E-state index in [-0.39, 0.29) is 11.9 Å². The van der Waals surface area contributed by atoms with Crippen LogP contribution in [0.2, 0.25) is 10.0 Å². The molecule has 0 aromatic heterocycles. The van der Waals surface area contributed by atoms with Crippen LogP contribution in [0, 0.1) is 0 Å². The van der Waals surface area contributed by atoms with Gasteiger partial charge in [-0.1, -0.05) is 35.3 Å². The van der Waals surface area contributed by atoms with Gasteiger partial charge in [-0.3, -0.25) is 10.6 Å². The topological polar surface area (TPSA) is 67.2 Å². The maximum atomic E-state index is 12.3. The van der Waals surface area contributed by atoms with Crippen molar-refractivity contribution in [3.05, 3.63) is 63.6 Å². The van der Waals surface area contributed by atoms with Gasteiger partial charge in [0.15, 0.2) is 0 Å². The van der Waals surface area contributed by atoms with Crippen molar-refractivity contribution in [3.63, 3.8) is 0 Å². The van der Waals surface area contributed by atoms with E-state index in [0.717, 1.165) is 5.56 Å². The predicted molar refractivity (Wildman–Crippen MR) is 86.6 cm³/mol. The quantitative estimate of drug-likeness (QED) is 0.592. The minimum absolute atomic E-state index is 0.167. The van der Waals surface area contributed by atoms with Crippen molar-refractivity contribution in [2.24, 2.45) is 5.84 Å². The van der Waals surface area contributed by atoms with Crippen LogP contribution in [0.25, 0.3) is 0 Å². The maximum absolute atomic E-state index is 12.3. The molecular weight excluding hydrogens is 309 g/mol. The van der Waals surface area contributed by atoms with Crippen LogP contribution in [0.15, 0.2) is 42.5 Å². The van der Waals surface area contributed by atoms with Crippen LogP contribution >= 0.6 is 23.2 Å². The lowest BCUT2D eigenvalue weighted by atomic mass is 10.1. The molecule has 0 saturated carbocycles. The summed E-state index contributed by atoms with van der Waals surface area (Å²) in [5, 5.41) is 4.02. The molecule has 2 aromatic rings. The average Bonchev–Trinajstić information content (AvgIpc) is 2.47. The van der Waals surface area contributed by atoms with Crippen LogP contribution in [0.5, 0.6) is 0 Å². The Hall–Kier alpha value is -1.75. The second kappa shape index (κ2) is 6.80. The number of benzene rings is 2. The van der Waals surface area contributed by atoms with Gasteiger partial charge < -0.3 is 10.7 Å². The van der Waals surface area contributed by atoms with E-state index in [9.17, 15) is 4.79 Å². The van der Waals surface area contributed by atoms with Crippen molar-refractivity contribution in [1.82, 2.24) is 5.32 Å². The summed E-state index contributed by atoms with van der Waals surface area (Å²) in [6.45, 7) is 1.89. The largest absolute Gasteiger partial charge is 0.345 e. The number of halogens is 2. The zero-order valence-corrected chi connectivity index (χ0v) is 12.9. The molecule has 4 N–H and O–H groups in total. The van der Waals surface area contributed by atoms with Gasteiger partial charge in [0.2, 0.25) is 0 Å². The highest BCUT2D eigenvalue weighted by molar-refractivity contribution is 6.31. The number of hydrogen-bond donors (Lipinski definition) is 3. The summed E-state index contributed by atoms with van der Waals surface area (Å²) in [7, 11) is 0. The molecule has 1 unspecified atom stereocenters. The molecule has 6 heteroatoms. The minimum atomic E-state index is -0.257. The molecule has 0 spiro atoms. The van der Waals surface area contributed by atoms with Gasteiger partial charge in [0.25, 0.3) is 5.91 Å². The molecule has 2 aromatic carbocycles. The van der Waals surface area contributed by atoms with Crippen LogP contribution in [-0.4, -0.2) is 5.91 Å². The number of hydrazine groups is 1. The van der Waals surface area contributed by atoms with Crippen molar-refractivity contribution in [3.8, 4) is 0 Å². The summed E-state index contributed by atoms with van der Waals surface area (Å²) >= 11 is 11.8. The lowest BCUT2D eigenvalue weighted by molar-refractivity contribution is 0.0940. The van der Waals surface area contributed by atoms with Gasteiger partial charge >= 0.3 is 0 Å². The van der Waals surface area contributed by atoms with Crippen molar-refractivity contribution >= 4 is 34.8 Å². The van der Waals surface area contributed by atoms with Crippen molar-refractivity contribution < 1.29 is 4.79 Å². The fourth-order valence-electron chi connectivity index (χ4n) is 1.94. The van der Waals surface area contributed by atoms with Gasteiger partial charge in [-0.05, 0) is 42.8 Å². The number of rotatable bonds is 4. The zero-order valence-electron chi connectivity index (χ0n) is 11.4. The van der Waals surface area contributed by atoms with Crippen LogP contribution in [0.4, 0.5) is 5.69 Å². The summed E-state index contributed by atoms with van der Waals surface area (Å²) in [6, 6.07) is 12.0. The Labute approximate surface area is 133 Å². The van der Waals surface area contributed by atoms with Crippen LogP contribution in [0.1, 0.15) is 28.9 Å². The number of hydrogen-bond acceptors (Lipinski definition) is 3. The third kappa shape index (κ3) is 3.88. The van der Waals surface area contributed by atoms with Gasteiger partial charge in [-0.15, -0.1) is 0 Å². The highest BCUT2D eigenvalue weighted by Gasteiger charge is 2.15. The number of amides is 1. The van der Waals surface area contributed by atoms with Crippen molar-refractivity contribution in [1.29, 1.82) is 0 Å². The standard InChI is InChI=1S/C15H15Cl2N3O/c1-9(10-2-4-11(16)5-3-10)19-15(21)13-8-12(17)6-7-14(13)20-18/h2-9,20H,18H2,1H3,(H,19,21). The third-order valence-electron chi connectivity index (χ3n) is 3.10. The van der Waals surface area contributed by atoms with E-state index in [4.69, 9.17) is 29.0 Å². The first-order valence-corrected chi connectivity index (χ1v) is 7.09. The molecule has 0 saturated heterocycles. The second-order valence-corrected chi connectivity index (χ2v) is 5.45. The molecule has 0 aliphatic heterocycles. The van der Waals surface area contributed by atoms with Gasteiger partial charge in [0.1, 0.15) is 0 Å². The van der Waals surface area contributed by atoms with Crippen LogP contribution in [-0.2, 0) is 0 Å². The Balaban J connectivity index is 2.17. The summed E-state index contributed by atoms with van der Waals surface area (Å²) in [4.78, 5) is 12.3. The average molecular weight is 324 g/mol. The van der Waals surface area contributed by atoms with E-state index >= 15 is 0 Å². The van der Waals surface area contributed by atoms with Gasteiger partial charge in [0, 0.05) is 10.0 Å². The lowest BCUT2D eigenvalue weighted by Crippen LogP contribution is -2.28. The molecule has 1 amide bonds. The molecule has 1 atom stereocenters. The van der Waals surface area contributed by atoms with Crippen molar-refractivity contribution in [2.75, 3.05) is 5.43 Å². The molecule has 4 nitrogen and oxygen atoms in total. The Morgan fingerprint density at radius 2 is 1.71 bits per heavy atom. The van der Waals surface area contributed by atoms with Crippen LogP contribution < -0.4 is 16.6 Å². The number of carbonyl (C=O) groups is 1. The first-order chi connectivity index (χ1) is 10.0. The summed E-state index contributed by atoms with van der Waals surface area (Å²) in [5.74, 6) is 5.15. The van der Waals surface area contributed by atoms with Gasteiger partial charge in [-0.25, -0.2) is 0 Å². The monoisotopic (exact) mass is 323 g/mol. The Morgan fingerprint density at radius 1 is 1.10 bits per heavy atom. The number of carbonyl (C=O) groups excluding carboxylic acids is 1. The zero-order chi connectivity index (χ0) is 15.4. The first kappa shape index (κ1) is 15.6. The molecule has 2 rings (SSSR count). The van der Waals surface area contributed by atoms with E-state index in [0.29, 0.717) is 21.3 Å². The Morgan fingerprint density at radius 3 is 2.33 bits per heavy atom. The van der Waals surface area contributed by atoms with E-state index in [2.05, 4.69) is 10.7 Å². The minimum Gasteiger partial charge on any atom is -0.345 e. The summed E-state index contributed by atoms with van der Waals surface area (Å²) < 4.78 is 0. The molecule has 0 radical (unpaired) electrons. The number of nitrogens with two attached hydrogens (primary N) is 1. The smallest absolute Gasteiger partial charge is 0.253 e.